The minimum atomic E-state index is -0.707. The highest BCUT2D eigenvalue weighted by molar-refractivity contribution is 5.83. The molecule has 4 heteroatoms. The van der Waals surface area contributed by atoms with Crippen molar-refractivity contribution in [3.63, 3.8) is 0 Å². The number of nitrogens with zero attached hydrogens (tertiary/aromatic N) is 2. The van der Waals surface area contributed by atoms with E-state index in [4.69, 9.17) is 0 Å². The molecule has 1 aromatic heterocycles. The third-order valence-electron chi connectivity index (χ3n) is 1.95. The Morgan fingerprint density at radius 3 is 2.62 bits per heavy atom. The summed E-state index contributed by atoms with van der Waals surface area (Å²) in [5, 5.41) is 4.49. The van der Waals surface area contributed by atoms with Crippen LogP contribution in [0.25, 0.3) is 10.8 Å². The molecule has 2 aromatic rings. The van der Waals surface area contributed by atoms with Gasteiger partial charge in [-0.15, -0.1) is 5.10 Å². The second kappa shape index (κ2) is 2.65. The number of fused-ring (bicyclic) bond motifs is 1. The lowest BCUT2D eigenvalue weighted by molar-refractivity contribution is 0.296. The topological polar surface area (TPSA) is 34.9 Å². The van der Waals surface area contributed by atoms with Crippen molar-refractivity contribution in [1.29, 1.82) is 0 Å². The molecule has 0 unspecified atom stereocenters. The van der Waals surface area contributed by atoms with E-state index in [2.05, 4.69) is 5.10 Å². The van der Waals surface area contributed by atoms with Gasteiger partial charge in [-0.3, -0.25) is 4.79 Å². The van der Waals surface area contributed by atoms with Gasteiger partial charge in [-0.05, 0) is 13.0 Å². The zero-order chi connectivity index (χ0) is 9.42. The van der Waals surface area contributed by atoms with Gasteiger partial charge in [0.2, 0.25) is 0 Å². The monoisotopic (exact) mass is 178 g/mol. The van der Waals surface area contributed by atoms with Crippen LogP contribution in [0.1, 0.15) is 5.69 Å². The number of benzene rings is 1. The number of hydrogen-bond acceptors (Lipinski definition) is 2. The Bertz CT molecular complexity index is 518. The molecule has 0 radical (unpaired) electrons. The molecule has 13 heavy (non-hydrogen) atoms. The lowest BCUT2D eigenvalue weighted by Gasteiger charge is -1.99. The lowest BCUT2D eigenvalue weighted by Crippen LogP contribution is -2.17. The summed E-state index contributed by atoms with van der Waals surface area (Å²) in [6.45, 7) is 1.66. The largest absolute Gasteiger partial charge is 0.305 e. The molecule has 0 amide bonds. The molecule has 0 aliphatic heterocycles. The Kier molecular flexibility index (Phi) is 1.62. The molecule has 0 spiro atoms. The lowest BCUT2D eigenvalue weighted by atomic mass is 10.1. The van der Waals surface area contributed by atoms with Crippen LogP contribution < -0.4 is 5.56 Å². The molecule has 0 fully saturated rings. The van der Waals surface area contributed by atoms with Crippen LogP contribution in [-0.4, -0.2) is 10.0 Å². The van der Waals surface area contributed by atoms with Crippen molar-refractivity contribution in [1.82, 2.24) is 10.0 Å². The number of hydrogen-bond donors (Lipinski definition) is 0. The summed E-state index contributed by atoms with van der Waals surface area (Å²) in [6.07, 6.45) is 0. The average molecular weight is 178 g/mol. The highest BCUT2D eigenvalue weighted by Gasteiger charge is 2.05. The van der Waals surface area contributed by atoms with Gasteiger partial charge in [-0.25, -0.2) is 0 Å². The van der Waals surface area contributed by atoms with Crippen LogP contribution >= 0.6 is 0 Å². The predicted octanol–water partition coefficient (Wildman–Crippen LogP) is 1.44. The first-order valence-corrected chi connectivity index (χ1v) is 3.85. The highest BCUT2D eigenvalue weighted by Crippen LogP contribution is 2.11. The second-order valence-corrected chi connectivity index (χ2v) is 2.80. The van der Waals surface area contributed by atoms with Crippen molar-refractivity contribution in [3.05, 3.63) is 40.3 Å². The van der Waals surface area contributed by atoms with Gasteiger partial charge < -0.3 is 0 Å². The summed E-state index contributed by atoms with van der Waals surface area (Å²) in [4.78, 5) is 11.1. The van der Waals surface area contributed by atoms with Crippen LogP contribution in [-0.2, 0) is 0 Å². The summed E-state index contributed by atoms with van der Waals surface area (Å²) in [5.74, 6) is 0. The fourth-order valence-electron chi connectivity index (χ4n) is 1.32. The minimum absolute atomic E-state index is 0.127. The molecule has 1 heterocycles. The van der Waals surface area contributed by atoms with Crippen LogP contribution in [0.4, 0.5) is 4.48 Å². The van der Waals surface area contributed by atoms with Gasteiger partial charge >= 0.3 is 5.56 Å². The maximum absolute atomic E-state index is 12.8. The van der Waals surface area contributed by atoms with Crippen molar-refractivity contribution < 1.29 is 4.48 Å². The predicted molar refractivity (Wildman–Crippen MR) is 47.2 cm³/mol. The molecule has 0 aliphatic carbocycles. The van der Waals surface area contributed by atoms with E-state index in [1.54, 1.807) is 31.2 Å². The third-order valence-corrected chi connectivity index (χ3v) is 1.95. The number of rotatable bonds is 0. The first kappa shape index (κ1) is 7.91. The van der Waals surface area contributed by atoms with E-state index in [1.807, 2.05) is 0 Å². The quantitative estimate of drug-likeness (QED) is 0.611. The van der Waals surface area contributed by atoms with E-state index in [1.165, 1.54) is 0 Å². The smallest absolute Gasteiger partial charge is 0.264 e. The zero-order valence-corrected chi connectivity index (χ0v) is 6.99. The fraction of sp³-hybridized carbons (Fsp3) is 0.111. The molecule has 3 nitrogen and oxygen atoms in total. The molecular formula is C9H7FN2O. The Morgan fingerprint density at radius 2 is 1.92 bits per heavy atom. The molecule has 0 atom stereocenters. The Labute approximate surface area is 73.4 Å². The van der Waals surface area contributed by atoms with E-state index in [9.17, 15) is 9.28 Å². The zero-order valence-electron chi connectivity index (χ0n) is 6.99. The van der Waals surface area contributed by atoms with Crippen molar-refractivity contribution in [3.8, 4) is 0 Å². The van der Waals surface area contributed by atoms with E-state index < -0.39 is 5.56 Å². The van der Waals surface area contributed by atoms with Gasteiger partial charge in [-0.2, -0.15) is 0 Å². The minimum Gasteiger partial charge on any atom is -0.264 e. The summed E-state index contributed by atoms with van der Waals surface area (Å²) in [7, 11) is 0. The summed E-state index contributed by atoms with van der Waals surface area (Å²) >= 11 is 0. The summed E-state index contributed by atoms with van der Waals surface area (Å²) < 4.78 is 12.8. The Balaban J connectivity index is 3.06. The standard InChI is InChI=1S/C9H7FN2O/c1-6-7-4-2-3-5-8(7)9(13)12(10)11-6/h2-5H,1H3. The third kappa shape index (κ3) is 1.11. The maximum atomic E-state index is 12.8. The Hall–Kier alpha value is -1.71. The van der Waals surface area contributed by atoms with Gasteiger partial charge in [0.25, 0.3) is 0 Å². The summed E-state index contributed by atoms with van der Waals surface area (Å²) in [6, 6.07) is 6.82. The molecular weight excluding hydrogens is 171 g/mol. The van der Waals surface area contributed by atoms with E-state index >= 15 is 0 Å². The average Bonchev–Trinajstić information content (AvgIpc) is 2.15. The van der Waals surface area contributed by atoms with Crippen molar-refractivity contribution in [2.24, 2.45) is 0 Å². The highest BCUT2D eigenvalue weighted by atomic mass is 19.2. The van der Waals surface area contributed by atoms with Gasteiger partial charge in [-0.1, -0.05) is 27.6 Å². The van der Waals surface area contributed by atoms with Crippen LogP contribution in [0.5, 0.6) is 0 Å². The summed E-state index contributed by atoms with van der Waals surface area (Å²) in [5.41, 5.74) is -0.195. The molecule has 0 N–H and O–H groups in total. The number of aromatic nitrogens is 2. The van der Waals surface area contributed by atoms with Crippen molar-refractivity contribution in [2.75, 3.05) is 0 Å². The first-order chi connectivity index (χ1) is 6.20. The van der Waals surface area contributed by atoms with Crippen LogP contribution in [0, 0.1) is 6.92 Å². The number of aryl methyl sites for hydroxylation is 1. The molecule has 0 bridgehead atoms. The molecule has 66 valence electrons. The van der Waals surface area contributed by atoms with Crippen LogP contribution in [0.2, 0.25) is 0 Å². The van der Waals surface area contributed by atoms with Crippen molar-refractivity contribution >= 4 is 10.8 Å². The fourth-order valence-corrected chi connectivity index (χ4v) is 1.32. The molecule has 0 saturated carbocycles. The van der Waals surface area contributed by atoms with Gasteiger partial charge in [0.1, 0.15) is 0 Å². The van der Waals surface area contributed by atoms with Crippen LogP contribution in [0.15, 0.2) is 29.1 Å². The van der Waals surface area contributed by atoms with E-state index in [-0.39, 0.29) is 4.90 Å². The van der Waals surface area contributed by atoms with E-state index in [0.29, 0.717) is 16.5 Å². The number of halogens is 1. The van der Waals surface area contributed by atoms with Gasteiger partial charge in [0.05, 0.1) is 11.1 Å². The molecule has 0 saturated heterocycles. The maximum Gasteiger partial charge on any atom is 0.305 e. The van der Waals surface area contributed by atoms with Crippen LogP contribution in [0.3, 0.4) is 0 Å². The Morgan fingerprint density at radius 1 is 1.31 bits per heavy atom. The normalized spacial score (nSPS) is 10.6. The van der Waals surface area contributed by atoms with Crippen molar-refractivity contribution in [2.45, 2.75) is 6.92 Å². The molecule has 1 aromatic carbocycles. The van der Waals surface area contributed by atoms with Gasteiger partial charge in [0, 0.05) is 5.39 Å². The second-order valence-electron chi connectivity index (χ2n) is 2.80. The molecule has 2 rings (SSSR count). The van der Waals surface area contributed by atoms with Gasteiger partial charge in [0.15, 0.2) is 0 Å². The first-order valence-electron chi connectivity index (χ1n) is 3.85. The van der Waals surface area contributed by atoms with E-state index in [0.717, 1.165) is 0 Å². The SMILES string of the molecule is Cc1nn(F)c(=O)c2ccccc12. The molecule has 0 aliphatic rings.